The molecule has 2 aliphatic heterocycles. The molecule has 24 heavy (non-hydrogen) atoms. The lowest BCUT2D eigenvalue weighted by atomic mass is 9.96. The molecule has 6 heteroatoms. The average molecular weight is 375 g/mol. The highest BCUT2D eigenvalue weighted by atomic mass is 28.3. The van der Waals surface area contributed by atoms with Crippen LogP contribution < -0.4 is 0 Å². The van der Waals surface area contributed by atoms with Crippen LogP contribution in [0.1, 0.15) is 44.9 Å². The highest BCUT2D eigenvalue weighted by Crippen LogP contribution is 2.47. The van der Waals surface area contributed by atoms with E-state index in [2.05, 4.69) is 19.6 Å². The van der Waals surface area contributed by atoms with Gasteiger partial charge in [-0.05, 0) is 44.9 Å². The Morgan fingerprint density at radius 1 is 0.917 bits per heavy atom. The van der Waals surface area contributed by atoms with Gasteiger partial charge in [0.05, 0.1) is 41.3 Å². The van der Waals surface area contributed by atoms with E-state index in [0.717, 1.165) is 26.2 Å². The van der Waals surface area contributed by atoms with Gasteiger partial charge in [0.1, 0.15) is 0 Å². The molecule has 0 aliphatic carbocycles. The topological polar surface area (TPSA) is 47.9 Å². The normalized spacial score (nSPS) is 32.9. The lowest BCUT2D eigenvalue weighted by Gasteiger charge is -2.58. The van der Waals surface area contributed by atoms with Crippen LogP contribution in [-0.2, 0) is 14.2 Å². The zero-order chi connectivity index (χ0) is 17.5. The Bertz CT molecular complexity index is 353. The fraction of sp³-hybridized carbons (Fsp3) is 1.00. The Hall–Kier alpha value is 0.274. The fourth-order valence-corrected chi connectivity index (χ4v) is 12.6. The van der Waals surface area contributed by atoms with Crippen LogP contribution in [0.5, 0.6) is 0 Å². The van der Waals surface area contributed by atoms with Crippen molar-refractivity contribution in [2.45, 2.75) is 81.1 Å². The number of aliphatic hydroxyl groups is 1. The maximum Gasteiger partial charge on any atom is 0.0800 e. The molecule has 0 aromatic carbocycles. The number of rotatable bonds is 9. The maximum atomic E-state index is 8.84. The van der Waals surface area contributed by atoms with Crippen molar-refractivity contribution in [3.8, 4) is 0 Å². The van der Waals surface area contributed by atoms with E-state index in [1.54, 1.807) is 0 Å². The third-order valence-corrected chi connectivity index (χ3v) is 13.2. The Labute approximate surface area is 151 Å². The summed E-state index contributed by atoms with van der Waals surface area (Å²) in [5.41, 5.74) is 0. The van der Waals surface area contributed by atoms with Crippen molar-refractivity contribution in [2.24, 2.45) is 0 Å². The van der Waals surface area contributed by atoms with E-state index in [1.807, 2.05) is 0 Å². The molecule has 0 bridgehead atoms. The van der Waals surface area contributed by atoms with Crippen LogP contribution in [0.25, 0.3) is 0 Å². The summed E-state index contributed by atoms with van der Waals surface area (Å²) >= 11 is 0. The highest BCUT2D eigenvalue weighted by molar-refractivity contribution is 6.67. The van der Waals surface area contributed by atoms with Crippen LogP contribution >= 0.6 is 0 Å². The summed E-state index contributed by atoms with van der Waals surface area (Å²) in [5.74, 6) is 0. The number of hydrogen-bond acceptors (Lipinski definition) is 4. The highest BCUT2D eigenvalue weighted by Gasteiger charge is 2.58. The molecule has 3 atom stereocenters. The first-order chi connectivity index (χ1) is 11.6. The predicted molar refractivity (Wildman–Crippen MR) is 104 cm³/mol. The minimum atomic E-state index is -1.12. The van der Waals surface area contributed by atoms with Gasteiger partial charge in [-0.15, -0.1) is 0 Å². The summed E-state index contributed by atoms with van der Waals surface area (Å²) in [6.07, 6.45) is 8.54. The first kappa shape index (κ1) is 20.6. The molecule has 0 spiro atoms. The second kappa shape index (κ2) is 9.83. The summed E-state index contributed by atoms with van der Waals surface area (Å²) in [6, 6.07) is 1.25. The smallest absolute Gasteiger partial charge is 0.0800 e. The molecule has 0 aromatic heterocycles. The van der Waals surface area contributed by atoms with Crippen LogP contribution in [0, 0.1) is 0 Å². The van der Waals surface area contributed by atoms with E-state index in [1.165, 1.54) is 44.6 Å². The SMILES string of the molecule is C[SiH](C)C1(C2([SiH](C)CCCOCCO)CCCCO2)CCCCO1. The van der Waals surface area contributed by atoms with Crippen molar-refractivity contribution in [1.29, 1.82) is 0 Å². The first-order valence-electron chi connectivity index (χ1n) is 10.1. The van der Waals surface area contributed by atoms with Crippen molar-refractivity contribution in [2.75, 3.05) is 33.0 Å². The fourth-order valence-electron chi connectivity index (χ4n) is 4.94. The quantitative estimate of drug-likeness (QED) is 0.498. The zero-order valence-corrected chi connectivity index (χ0v) is 18.3. The minimum absolute atomic E-state index is 0.0447. The molecular weight excluding hydrogens is 336 g/mol. The van der Waals surface area contributed by atoms with Crippen molar-refractivity contribution >= 4 is 17.6 Å². The van der Waals surface area contributed by atoms with Gasteiger partial charge in [-0.25, -0.2) is 0 Å². The Morgan fingerprint density at radius 2 is 1.54 bits per heavy atom. The standard InChI is InChI=1S/C18H38O4Si2/c1-23(2)17(9-4-6-13-21-17)18(10-5-7-14-22-18)24(3)16-8-12-20-15-11-19/h19,23-24H,4-16H2,1-3H3. The van der Waals surface area contributed by atoms with Crippen molar-refractivity contribution in [3.63, 3.8) is 0 Å². The maximum absolute atomic E-state index is 8.84. The second-order valence-electron chi connectivity index (χ2n) is 7.92. The van der Waals surface area contributed by atoms with Crippen LogP contribution in [0.4, 0.5) is 0 Å². The molecule has 2 aliphatic rings. The molecule has 142 valence electrons. The van der Waals surface area contributed by atoms with Crippen molar-refractivity contribution in [1.82, 2.24) is 0 Å². The molecule has 1 N–H and O–H groups in total. The first-order valence-corrected chi connectivity index (χ1v) is 15.5. The Balaban J connectivity index is 2.12. The van der Waals surface area contributed by atoms with E-state index in [9.17, 15) is 0 Å². The van der Waals surface area contributed by atoms with Gasteiger partial charge < -0.3 is 19.3 Å². The molecule has 2 rings (SSSR count). The van der Waals surface area contributed by atoms with Crippen LogP contribution in [0.15, 0.2) is 0 Å². The molecule has 3 unspecified atom stereocenters. The largest absolute Gasteiger partial charge is 0.394 e. The third-order valence-electron chi connectivity index (χ3n) is 6.21. The van der Waals surface area contributed by atoms with E-state index in [-0.39, 0.29) is 17.1 Å². The molecule has 4 nitrogen and oxygen atoms in total. The molecule has 0 amide bonds. The van der Waals surface area contributed by atoms with Crippen molar-refractivity contribution in [3.05, 3.63) is 0 Å². The van der Waals surface area contributed by atoms with E-state index < -0.39 is 17.6 Å². The van der Waals surface area contributed by atoms with E-state index >= 15 is 0 Å². The third kappa shape index (κ3) is 4.33. The lowest BCUT2D eigenvalue weighted by Crippen LogP contribution is -2.71. The van der Waals surface area contributed by atoms with Crippen LogP contribution in [-0.4, -0.2) is 66.2 Å². The van der Waals surface area contributed by atoms with Gasteiger partial charge in [0.2, 0.25) is 0 Å². The minimum Gasteiger partial charge on any atom is -0.394 e. The summed E-state index contributed by atoms with van der Waals surface area (Å²) in [4.78, 5) is 0. The molecule has 0 aromatic rings. The summed E-state index contributed by atoms with van der Waals surface area (Å²) in [6.45, 7) is 10.6. The van der Waals surface area contributed by atoms with E-state index in [0.29, 0.717) is 6.61 Å². The number of aliphatic hydroxyl groups excluding tert-OH is 1. The molecule has 0 saturated carbocycles. The number of hydrogen-bond donors (Lipinski definition) is 1. The zero-order valence-electron chi connectivity index (χ0n) is 16.0. The summed E-state index contributed by atoms with van der Waals surface area (Å²) in [5, 5.41) is 8.94. The van der Waals surface area contributed by atoms with Gasteiger partial charge in [0, 0.05) is 19.8 Å². The van der Waals surface area contributed by atoms with Crippen LogP contribution in [0.2, 0.25) is 25.7 Å². The van der Waals surface area contributed by atoms with Gasteiger partial charge in [-0.1, -0.05) is 25.7 Å². The molecule has 0 radical (unpaired) electrons. The average Bonchev–Trinajstić information content (AvgIpc) is 2.62. The Morgan fingerprint density at radius 3 is 2.04 bits per heavy atom. The van der Waals surface area contributed by atoms with Gasteiger partial charge in [0.25, 0.3) is 0 Å². The van der Waals surface area contributed by atoms with E-state index in [4.69, 9.17) is 19.3 Å². The lowest BCUT2D eigenvalue weighted by molar-refractivity contribution is -0.164. The second-order valence-corrected chi connectivity index (χ2v) is 14.5. The van der Waals surface area contributed by atoms with Gasteiger partial charge in [-0.2, -0.15) is 0 Å². The monoisotopic (exact) mass is 374 g/mol. The molecule has 2 heterocycles. The van der Waals surface area contributed by atoms with Crippen LogP contribution in [0.3, 0.4) is 0 Å². The van der Waals surface area contributed by atoms with Gasteiger partial charge >= 0.3 is 0 Å². The number of ether oxygens (including phenoxy) is 3. The van der Waals surface area contributed by atoms with Crippen molar-refractivity contribution < 1.29 is 19.3 Å². The summed E-state index contributed by atoms with van der Waals surface area (Å²) < 4.78 is 18.8. The summed E-state index contributed by atoms with van der Waals surface area (Å²) in [7, 11) is -2.14. The molecule has 2 fully saturated rings. The predicted octanol–water partition coefficient (Wildman–Crippen LogP) is 2.69. The van der Waals surface area contributed by atoms with Gasteiger partial charge in [-0.3, -0.25) is 0 Å². The Kier molecular flexibility index (Phi) is 8.43. The molecule has 2 saturated heterocycles. The van der Waals surface area contributed by atoms with Gasteiger partial charge in [0.15, 0.2) is 0 Å². The molecular formula is C18H38O4Si2.